The Labute approximate surface area is 224 Å². The first-order valence-corrected chi connectivity index (χ1v) is 13.6. The molecule has 2 fully saturated rings. The second-order valence-electron chi connectivity index (χ2n) is 11.7. The minimum absolute atomic E-state index is 0.0397. The molecular weight excluding hydrogens is 491 g/mol. The molecule has 2 aliphatic rings. The average molecular weight is 532 g/mol. The monoisotopic (exact) mass is 531 g/mol. The van der Waals surface area contributed by atoms with Crippen LogP contribution in [-0.2, 0) is 0 Å². The predicted molar refractivity (Wildman–Crippen MR) is 145 cm³/mol. The van der Waals surface area contributed by atoms with E-state index in [0.29, 0.717) is 37.7 Å². The number of piperidine rings is 2. The van der Waals surface area contributed by atoms with Crippen LogP contribution in [0.3, 0.4) is 0 Å². The first-order chi connectivity index (χ1) is 17.9. The SMILES string of the molecule is CN(CC1CCN(CC(C)(C)C(F)(F)F)CC1)c1ccc(-c2ccc(C(=O)N3CCC[C@@H](O)C3)cc2)cc1. The van der Waals surface area contributed by atoms with Crippen LogP contribution < -0.4 is 4.90 Å². The van der Waals surface area contributed by atoms with Gasteiger partial charge in [0.2, 0.25) is 0 Å². The molecule has 1 atom stereocenters. The molecule has 2 aromatic carbocycles. The minimum atomic E-state index is -4.19. The number of nitrogens with zero attached hydrogens (tertiary/aromatic N) is 3. The van der Waals surface area contributed by atoms with E-state index in [1.807, 2.05) is 29.2 Å². The minimum Gasteiger partial charge on any atom is -0.391 e. The molecule has 0 radical (unpaired) electrons. The fraction of sp³-hybridized carbons (Fsp3) is 0.567. The van der Waals surface area contributed by atoms with Gasteiger partial charge in [0.1, 0.15) is 0 Å². The van der Waals surface area contributed by atoms with E-state index in [4.69, 9.17) is 0 Å². The molecule has 0 aromatic heterocycles. The third-order valence-corrected chi connectivity index (χ3v) is 8.08. The van der Waals surface area contributed by atoms with Crippen molar-refractivity contribution < 1.29 is 23.1 Å². The summed E-state index contributed by atoms with van der Waals surface area (Å²) in [5.41, 5.74) is 2.14. The molecule has 0 aliphatic carbocycles. The van der Waals surface area contributed by atoms with Crippen molar-refractivity contribution in [3.05, 3.63) is 54.1 Å². The molecule has 0 bridgehead atoms. The smallest absolute Gasteiger partial charge is 0.391 e. The Morgan fingerprint density at radius 3 is 2.08 bits per heavy atom. The second-order valence-corrected chi connectivity index (χ2v) is 11.7. The Kier molecular flexibility index (Phi) is 8.72. The number of benzene rings is 2. The van der Waals surface area contributed by atoms with E-state index in [1.54, 1.807) is 4.90 Å². The van der Waals surface area contributed by atoms with Crippen molar-refractivity contribution in [1.29, 1.82) is 0 Å². The van der Waals surface area contributed by atoms with Crippen molar-refractivity contribution in [1.82, 2.24) is 9.80 Å². The van der Waals surface area contributed by atoms with Crippen LogP contribution in [0.5, 0.6) is 0 Å². The van der Waals surface area contributed by atoms with Gasteiger partial charge in [-0.05, 0) is 93.9 Å². The van der Waals surface area contributed by atoms with Gasteiger partial charge in [0, 0.05) is 44.5 Å². The normalized spacial score (nSPS) is 20.0. The van der Waals surface area contributed by atoms with Crippen molar-refractivity contribution in [3.8, 4) is 11.1 Å². The van der Waals surface area contributed by atoms with Gasteiger partial charge >= 0.3 is 6.18 Å². The maximum absolute atomic E-state index is 13.2. The summed E-state index contributed by atoms with van der Waals surface area (Å²) < 4.78 is 39.7. The van der Waals surface area contributed by atoms with Gasteiger partial charge in [0.05, 0.1) is 11.5 Å². The summed E-state index contributed by atoms with van der Waals surface area (Å²) in [6.07, 6.45) is -1.25. The number of amides is 1. The summed E-state index contributed by atoms with van der Waals surface area (Å²) in [4.78, 5) is 18.7. The number of alkyl halides is 3. The van der Waals surface area contributed by atoms with Gasteiger partial charge in [-0.3, -0.25) is 4.79 Å². The van der Waals surface area contributed by atoms with Crippen molar-refractivity contribution >= 4 is 11.6 Å². The number of hydrogen-bond donors (Lipinski definition) is 1. The Morgan fingerprint density at radius 1 is 0.947 bits per heavy atom. The van der Waals surface area contributed by atoms with E-state index in [2.05, 4.69) is 36.2 Å². The van der Waals surface area contributed by atoms with Gasteiger partial charge in [0.15, 0.2) is 0 Å². The fourth-order valence-corrected chi connectivity index (χ4v) is 5.50. The molecule has 1 amide bonds. The van der Waals surface area contributed by atoms with Gasteiger partial charge in [-0.1, -0.05) is 24.3 Å². The number of anilines is 1. The molecule has 0 unspecified atom stereocenters. The Bertz CT molecular complexity index is 1060. The highest BCUT2D eigenvalue weighted by Crippen LogP contribution is 2.38. The highest BCUT2D eigenvalue weighted by Gasteiger charge is 2.48. The third kappa shape index (κ3) is 6.89. The molecule has 2 aliphatic heterocycles. The van der Waals surface area contributed by atoms with Crippen LogP contribution in [0, 0.1) is 11.3 Å². The topological polar surface area (TPSA) is 47.0 Å². The van der Waals surface area contributed by atoms with Gasteiger partial charge in [0.25, 0.3) is 5.91 Å². The summed E-state index contributed by atoms with van der Waals surface area (Å²) in [5, 5.41) is 9.86. The predicted octanol–water partition coefficient (Wildman–Crippen LogP) is 5.69. The maximum atomic E-state index is 13.2. The second kappa shape index (κ2) is 11.7. The van der Waals surface area contributed by atoms with E-state index in [1.165, 1.54) is 13.8 Å². The highest BCUT2D eigenvalue weighted by atomic mass is 19.4. The number of rotatable bonds is 7. The zero-order valence-corrected chi connectivity index (χ0v) is 22.7. The standard InChI is InChI=1S/C30H40F3N3O2/c1-29(2,30(31,32)33)21-35-17-14-22(15-18-35)19-34(3)26-12-10-24(11-13-26)23-6-8-25(9-7-23)28(38)36-16-4-5-27(37)20-36/h6-13,22,27,37H,4-5,14-21H2,1-3H3/t27-/m1/s1. The van der Waals surface area contributed by atoms with Crippen LogP contribution in [0.2, 0.25) is 0 Å². The third-order valence-electron chi connectivity index (χ3n) is 8.08. The number of carbonyl (C=O) groups excluding carboxylic acids is 1. The molecule has 5 nitrogen and oxygen atoms in total. The van der Waals surface area contributed by atoms with Crippen LogP contribution in [0.15, 0.2) is 48.5 Å². The molecule has 2 saturated heterocycles. The van der Waals surface area contributed by atoms with E-state index < -0.39 is 17.7 Å². The quantitative estimate of drug-likeness (QED) is 0.499. The highest BCUT2D eigenvalue weighted by molar-refractivity contribution is 5.94. The lowest BCUT2D eigenvalue weighted by Crippen LogP contribution is -2.47. The first kappa shape index (κ1) is 28.4. The molecule has 2 aromatic rings. The van der Waals surface area contributed by atoms with E-state index >= 15 is 0 Å². The lowest BCUT2D eigenvalue weighted by Gasteiger charge is -2.39. The molecule has 38 heavy (non-hydrogen) atoms. The van der Waals surface area contributed by atoms with Crippen LogP contribution >= 0.6 is 0 Å². The van der Waals surface area contributed by atoms with Crippen molar-refractivity contribution in [2.24, 2.45) is 11.3 Å². The summed E-state index contributed by atoms with van der Waals surface area (Å²) in [6.45, 7) is 5.97. The zero-order chi connectivity index (χ0) is 27.5. The van der Waals surface area contributed by atoms with E-state index in [-0.39, 0.29) is 12.5 Å². The summed E-state index contributed by atoms with van der Waals surface area (Å²) >= 11 is 0. The lowest BCUT2D eigenvalue weighted by atomic mass is 9.89. The van der Waals surface area contributed by atoms with Gasteiger partial charge in [-0.2, -0.15) is 13.2 Å². The van der Waals surface area contributed by atoms with Crippen LogP contribution in [0.4, 0.5) is 18.9 Å². The van der Waals surface area contributed by atoms with Gasteiger partial charge < -0.3 is 19.8 Å². The van der Waals surface area contributed by atoms with Crippen LogP contribution in [0.1, 0.15) is 49.9 Å². The van der Waals surface area contributed by atoms with Crippen LogP contribution in [-0.4, -0.2) is 79.4 Å². The zero-order valence-electron chi connectivity index (χ0n) is 22.7. The van der Waals surface area contributed by atoms with Gasteiger partial charge in [-0.15, -0.1) is 0 Å². The Morgan fingerprint density at radius 2 is 1.53 bits per heavy atom. The first-order valence-electron chi connectivity index (χ1n) is 13.6. The molecule has 8 heteroatoms. The molecule has 0 saturated carbocycles. The molecule has 2 heterocycles. The average Bonchev–Trinajstić information content (AvgIpc) is 2.89. The van der Waals surface area contributed by atoms with Gasteiger partial charge in [-0.25, -0.2) is 0 Å². The number of carbonyl (C=O) groups is 1. The summed E-state index contributed by atoms with van der Waals surface area (Å²) in [6, 6.07) is 15.9. The van der Waals surface area contributed by atoms with E-state index in [9.17, 15) is 23.1 Å². The van der Waals surface area contributed by atoms with Crippen molar-refractivity contribution in [2.75, 3.05) is 51.2 Å². The molecule has 4 rings (SSSR count). The number of aliphatic hydroxyl groups excluding tert-OH is 1. The maximum Gasteiger partial charge on any atom is 0.395 e. The number of likely N-dealkylation sites (tertiary alicyclic amines) is 2. The van der Waals surface area contributed by atoms with Crippen molar-refractivity contribution in [2.45, 2.75) is 51.8 Å². The molecular formula is C30H40F3N3O2. The van der Waals surface area contributed by atoms with Crippen LogP contribution in [0.25, 0.3) is 11.1 Å². The number of halogens is 3. The van der Waals surface area contributed by atoms with E-state index in [0.717, 1.165) is 49.0 Å². The number of hydrogen-bond acceptors (Lipinski definition) is 4. The summed E-state index contributed by atoms with van der Waals surface area (Å²) in [5.74, 6) is 0.415. The fourth-order valence-electron chi connectivity index (χ4n) is 5.50. The van der Waals surface area contributed by atoms with Crippen molar-refractivity contribution in [3.63, 3.8) is 0 Å². The Hall–Kier alpha value is -2.58. The number of β-amino-alcohol motifs (C(OH)–C–C–N with tert-alkyl or cyclic N) is 1. The molecule has 0 spiro atoms. The Balaban J connectivity index is 1.28. The lowest BCUT2D eigenvalue weighted by molar-refractivity contribution is -0.217. The largest absolute Gasteiger partial charge is 0.395 e. The summed E-state index contributed by atoms with van der Waals surface area (Å²) in [7, 11) is 2.06. The molecule has 208 valence electrons. The number of aliphatic hydroxyl groups is 1. The molecule has 1 N–H and O–H groups in total.